The number of nitrogens with zero attached hydrogens (tertiary/aromatic N) is 2. The first kappa shape index (κ1) is 19.7. The molecule has 1 amide bonds. The Labute approximate surface area is 175 Å². The Hall–Kier alpha value is -3.61. The van der Waals surface area contributed by atoms with Gasteiger partial charge >= 0.3 is 0 Å². The summed E-state index contributed by atoms with van der Waals surface area (Å²) in [5, 5.41) is 10.1. The highest BCUT2D eigenvalue weighted by atomic mass is 16.5. The third-order valence-corrected chi connectivity index (χ3v) is 5.49. The molecule has 2 aromatic carbocycles. The summed E-state index contributed by atoms with van der Waals surface area (Å²) in [5.41, 5.74) is 3.55. The minimum Gasteiger partial charge on any atom is -0.497 e. The van der Waals surface area contributed by atoms with Gasteiger partial charge in [-0.05, 0) is 66.9 Å². The van der Waals surface area contributed by atoms with Gasteiger partial charge in [-0.3, -0.25) is 14.7 Å². The molecule has 2 heterocycles. The van der Waals surface area contributed by atoms with Crippen LogP contribution in [0.4, 0.5) is 11.5 Å². The summed E-state index contributed by atoms with van der Waals surface area (Å²) in [4.78, 5) is 25.7. The Morgan fingerprint density at radius 3 is 2.47 bits per heavy atom. The van der Waals surface area contributed by atoms with E-state index in [9.17, 15) is 9.59 Å². The van der Waals surface area contributed by atoms with E-state index in [4.69, 9.17) is 4.74 Å². The van der Waals surface area contributed by atoms with Gasteiger partial charge < -0.3 is 15.0 Å². The topological polar surface area (TPSA) is 87.3 Å². The van der Waals surface area contributed by atoms with Gasteiger partial charge in [-0.15, -0.1) is 0 Å². The van der Waals surface area contributed by atoms with Crippen LogP contribution in [0.1, 0.15) is 23.2 Å². The molecule has 3 aromatic rings. The second kappa shape index (κ2) is 8.82. The van der Waals surface area contributed by atoms with Crippen molar-refractivity contribution >= 4 is 23.7 Å². The van der Waals surface area contributed by atoms with Crippen molar-refractivity contribution in [2.75, 3.05) is 30.4 Å². The van der Waals surface area contributed by atoms with Crippen LogP contribution in [0.2, 0.25) is 0 Å². The third-order valence-electron chi connectivity index (χ3n) is 5.49. The standard InChI is InChI=1S/C23H24N4O3/c1-30-20-8-4-17(5-9-20)21-14-22(26-25-21)24-23(29)18-10-12-27(13-11-18)19-6-2-16(15-28)3-7-19/h2-9,14-15,18H,10-13H2,1H3,(H2,24,25,26,29). The zero-order valence-electron chi connectivity index (χ0n) is 16.8. The molecule has 0 unspecified atom stereocenters. The van der Waals surface area contributed by atoms with Gasteiger partial charge in [-0.25, -0.2) is 0 Å². The Morgan fingerprint density at radius 2 is 1.83 bits per heavy atom. The first-order valence-corrected chi connectivity index (χ1v) is 9.97. The number of aldehydes is 1. The average molecular weight is 404 g/mol. The van der Waals surface area contributed by atoms with Crippen LogP contribution in [0.25, 0.3) is 11.3 Å². The predicted molar refractivity (Wildman–Crippen MR) is 116 cm³/mol. The Kier molecular flexibility index (Phi) is 5.79. The predicted octanol–water partition coefficient (Wildman–Crippen LogP) is 3.75. The molecule has 0 atom stereocenters. The van der Waals surface area contributed by atoms with Gasteiger partial charge in [-0.2, -0.15) is 5.10 Å². The van der Waals surface area contributed by atoms with Gasteiger partial charge in [0.25, 0.3) is 0 Å². The number of amides is 1. The summed E-state index contributed by atoms with van der Waals surface area (Å²) in [7, 11) is 1.63. The normalized spacial score (nSPS) is 14.4. The van der Waals surface area contributed by atoms with Crippen molar-refractivity contribution in [3.63, 3.8) is 0 Å². The molecule has 1 saturated heterocycles. The van der Waals surface area contributed by atoms with Gasteiger partial charge in [0.05, 0.1) is 12.8 Å². The van der Waals surface area contributed by atoms with Crippen molar-refractivity contribution < 1.29 is 14.3 Å². The van der Waals surface area contributed by atoms with E-state index in [1.807, 2.05) is 54.6 Å². The van der Waals surface area contributed by atoms with Crippen LogP contribution >= 0.6 is 0 Å². The number of benzene rings is 2. The molecule has 0 radical (unpaired) electrons. The zero-order chi connectivity index (χ0) is 20.9. The number of carbonyl (C=O) groups is 2. The van der Waals surface area contributed by atoms with Gasteiger partial charge in [-0.1, -0.05) is 0 Å². The molecule has 1 fully saturated rings. The second-order valence-electron chi connectivity index (χ2n) is 7.36. The molecule has 1 aromatic heterocycles. The van der Waals surface area contributed by atoms with Crippen LogP contribution < -0.4 is 15.0 Å². The number of piperidine rings is 1. The van der Waals surface area contributed by atoms with Crippen LogP contribution in [0.15, 0.2) is 54.6 Å². The lowest BCUT2D eigenvalue weighted by Crippen LogP contribution is -2.38. The number of carbonyl (C=O) groups excluding carboxylic acids is 2. The van der Waals surface area contributed by atoms with Gasteiger partial charge in [0.15, 0.2) is 5.82 Å². The molecule has 7 heteroatoms. The van der Waals surface area contributed by atoms with Crippen LogP contribution in [0.3, 0.4) is 0 Å². The molecule has 1 aliphatic rings. The minimum atomic E-state index is -0.0448. The molecule has 30 heavy (non-hydrogen) atoms. The van der Waals surface area contributed by atoms with Crippen molar-refractivity contribution in [1.29, 1.82) is 0 Å². The lowest BCUT2D eigenvalue weighted by molar-refractivity contribution is -0.120. The van der Waals surface area contributed by atoms with E-state index in [0.29, 0.717) is 11.4 Å². The SMILES string of the molecule is COc1ccc(-c2cc(NC(=O)C3CCN(c4ccc(C=O)cc4)CC3)n[nH]2)cc1. The molecular weight excluding hydrogens is 380 g/mol. The van der Waals surface area contributed by atoms with Crippen LogP contribution in [-0.4, -0.2) is 42.6 Å². The Bertz CT molecular complexity index is 1000. The number of aromatic amines is 1. The van der Waals surface area contributed by atoms with E-state index in [-0.39, 0.29) is 11.8 Å². The summed E-state index contributed by atoms with van der Waals surface area (Å²) >= 11 is 0. The average Bonchev–Trinajstić information content (AvgIpc) is 3.27. The third kappa shape index (κ3) is 4.35. The Morgan fingerprint density at radius 1 is 1.13 bits per heavy atom. The summed E-state index contributed by atoms with van der Waals surface area (Å²) in [5.74, 6) is 1.27. The molecule has 0 spiro atoms. The lowest BCUT2D eigenvalue weighted by atomic mass is 9.95. The highest BCUT2D eigenvalue weighted by Crippen LogP contribution is 2.26. The van der Waals surface area contributed by atoms with Crippen molar-refractivity contribution in [3.05, 3.63) is 60.2 Å². The van der Waals surface area contributed by atoms with Gasteiger partial charge in [0.1, 0.15) is 12.0 Å². The van der Waals surface area contributed by atoms with E-state index >= 15 is 0 Å². The summed E-state index contributed by atoms with van der Waals surface area (Å²) < 4.78 is 5.18. The maximum Gasteiger partial charge on any atom is 0.228 e. The lowest BCUT2D eigenvalue weighted by Gasteiger charge is -2.32. The summed E-state index contributed by atoms with van der Waals surface area (Å²) in [6.45, 7) is 1.60. The van der Waals surface area contributed by atoms with Crippen LogP contribution in [-0.2, 0) is 4.79 Å². The number of hydrogen-bond donors (Lipinski definition) is 2. The number of aromatic nitrogens is 2. The van der Waals surface area contributed by atoms with E-state index in [0.717, 1.165) is 54.9 Å². The maximum absolute atomic E-state index is 12.7. The quantitative estimate of drug-likeness (QED) is 0.611. The molecule has 0 aliphatic carbocycles. The number of anilines is 2. The highest BCUT2D eigenvalue weighted by molar-refractivity contribution is 5.92. The summed E-state index contributed by atoms with van der Waals surface area (Å²) in [6, 6.07) is 17.0. The molecular formula is C23H24N4O3. The fourth-order valence-corrected chi connectivity index (χ4v) is 3.70. The van der Waals surface area contributed by atoms with E-state index < -0.39 is 0 Å². The fraction of sp³-hybridized carbons (Fsp3) is 0.261. The van der Waals surface area contributed by atoms with E-state index in [1.54, 1.807) is 7.11 Å². The molecule has 4 rings (SSSR count). The van der Waals surface area contributed by atoms with Crippen molar-refractivity contribution in [2.24, 2.45) is 5.92 Å². The fourth-order valence-electron chi connectivity index (χ4n) is 3.70. The van der Waals surface area contributed by atoms with Gasteiger partial charge in [0, 0.05) is 36.3 Å². The van der Waals surface area contributed by atoms with Crippen LogP contribution in [0, 0.1) is 5.92 Å². The highest BCUT2D eigenvalue weighted by Gasteiger charge is 2.25. The number of hydrogen-bond acceptors (Lipinski definition) is 5. The Balaban J connectivity index is 1.32. The summed E-state index contributed by atoms with van der Waals surface area (Å²) in [6.07, 6.45) is 2.39. The number of nitrogens with one attached hydrogen (secondary N) is 2. The van der Waals surface area contributed by atoms with Crippen molar-refractivity contribution in [3.8, 4) is 17.0 Å². The van der Waals surface area contributed by atoms with E-state index in [2.05, 4.69) is 20.4 Å². The first-order chi connectivity index (χ1) is 14.7. The second-order valence-corrected chi connectivity index (χ2v) is 7.36. The number of H-pyrrole nitrogens is 1. The van der Waals surface area contributed by atoms with E-state index in [1.165, 1.54) is 0 Å². The number of ether oxygens (including phenoxy) is 1. The molecule has 154 valence electrons. The maximum atomic E-state index is 12.7. The molecule has 2 N–H and O–H groups in total. The molecule has 7 nitrogen and oxygen atoms in total. The van der Waals surface area contributed by atoms with Crippen LogP contribution in [0.5, 0.6) is 5.75 Å². The number of methoxy groups -OCH3 is 1. The molecule has 0 bridgehead atoms. The number of rotatable bonds is 6. The van der Waals surface area contributed by atoms with Gasteiger partial charge in [0.2, 0.25) is 5.91 Å². The first-order valence-electron chi connectivity index (χ1n) is 9.97. The monoisotopic (exact) mass is 404 g/mol. The molecule has 1 aliphatic heterocycles. The zero-order valence-corrected chi connectivity index (χ0v) is 16.8. The minimum absolute atomic E-state index is 0.00117. The largest absolute Gasteiger partial charge is 0.497 e. The van der Waals surface area contributed by atoms with Crippen molar-refractivity contribution in [2.45, 2.75) is 12.8 Å². The van der Waals surface area contributed by atoms with Crippen molar-refractivity contribution in [1.82, 2.24) is 10.2 Å². The molecule has 0 saturated carbocycles. The smallest absolute Gasteiger partial charge is 0.228 e.